The van der Waals surface area contributed by atoms with Crippen molar-refractivity contribution in [3.05, 3.63) is 29.8 Å². The molecule has 4 heteroatoms. The molecule has 0 saturated carbocycles. The highest BCUT2D eigenvalue weighted by atomic mass is 16.7. The average molecular weight is 250 g/mol. The molecule has 0 amide bonds. The van der Waals surface area contributed by atoms with Gasteiger partial charge in [0.1, 0.15) is 5.75 Å². The van der Waals surface area contributed by atoms with E-state index in [1.165, 1.54) is 5.56 Å². The van der Waals surface area contributed by atoms with Crippen LogP contribution in [-0.4, -0.2) is 19.0 Å². The molecule has 0 aliphatic carbocycles. The van der Waals surface area contributed by atoms with Crippen LogP contribution < -0.4 is 4.65 Å². The minimum atomic E-state index is -1.18. The minimum Gasteiger partial charge on any atom is -0.512 e. The predicted molar refractivity (Wildman–Crippen MR) is 74.6 cm³/mol. The van der Waals surface area contributed by atoms with E-state index < -0.39 is 7.32 Å². The second-order valence-electron chi connectivity index (χ2n) is 5.42. The van der Waals surface area contributed by atoms with E-state index in [1.54, 1.807) is 0 Å². The Labute approximate surface area is 110 Å². The van der Waals surface area contributed by atoms with Gasteiger partial charge in [0.25, 0.3) is 0 Å². The van der Waals surface area contributed by atoms with Gasteiger partial charge in [0.2, 0.25) is 0 Å². The fourth-order valence-corrected chi connectivity index (χ4v) is 1.51. The van der Waals surface area contributed by atoms with E-state index in [9.17, 15) is 5.02 Å². The Morgan fingerprint density at radius 1 is 1.17 bits per heavy atom. The van der Waals surface area contributed by atoms with Gasteiger partial charge in [-0.3, -0.25) is 0 Å². The average Bonchev–Trinajstić information content (AvgIpc) is 2.29. The molecule has 0 atom stereocenters. The van der Waals surface area contributed by atoms with E-state index in [-0.39, 0.29) is 5.41 Å². The molecule has 1 aromatic rings. The summed E-state index contributed by atoms with van der Waals surface area (Å²) in [5.41, 5.74) is 1.35. The van der Waals surface area contributed by atoms with E-state index in [0.29, 0.717) is 12.4 Å². The summed E-state index contributed by atoms with van der Waals surface area (Å²) in [6, 6.07) is 7.72. The third kappa shape index (κ3) is 5.11. The van der Waals surface area contributed by atoms with Crippen molar-refractivity contribution < 1.29 is 14.3 Å². The van der Waals surface area contributed by atoms with E-state index in [1.807, 2.05) is 24.3 Å². The molecule has 0 aromatic heterocycles. The summed E-state index contributed by atoms with van der Waals surface area (Å²) >= 11 is 0. The van der Waals surface area contributed by atoms with Crippen LogP contribution in [0.15, 0.2) is 24.3 Å². The van der Waals surface area contributed by atoms with Gasteiger partial charge in [-0.15, -0.1) is 0 Å². The Morgan fingerprint density at radius 2 is 1.78 bits per heavy atom. The van der Waals surface area contributed by atoms with Crippen LogP contribution in [0, 0.1) is 0 Å². The molecule has 18 heavy (non-hydrogen) atoms. The molecule has 0 saturated heterocycles. The fourth-order valence-electron chi connectivity index (χ4n) is 1.51. The van der Waals surface area contributed by atoms with Gasteiger partial charge in [0.05, 0.1) is 0 Å². The first-order valence-corrected chi connectivity index (χ1v) is 6.50. The number of hydrogen-bond acceptors (Lipinski definition) is 3. The summed E-state index contributed by atoms with van der Waals surface area (Å²) in [7, 11) is -1.18. The Bertz CT molecular complexity index is 343. The highest BCUT2D eigenvalue weighted by Gasteiger charge is 2.18. The molecule has 0 bridgehead atoms. The monoisotopic (exact) mass is 250 g/mol. The van der Waals surface area contributed by atoms with Crippen molar-refractivity contribution in [3.8, 4) is 5.75 Å². The van der Waals surface area contributed by atoms with Gasteiger partial charge in [-0.05, 0) is 29.5 Å². The standard InChI is InChI=1S/C14H23BO3/c1-5-6-11-17-15(16)18-13-9-7-12(8-10-13)14(2,3)4/h7-10,16H,5-6,11H2,1-4H3. The second-order valence-corrected chi connectivity index (χ2v) is 5.42. The molecule has 100 valence electrons. The Kier molecular flexibility index (Phi) is 5.70. The topological polar surface area (TPSA) is 38.7 Å². The summed E-state index contributed by atoms with van der Waals surface area (Å²) in [6.45, 7) is 9.06. The lowest BCUT2D eigenvalue weighted by Crippen LogP contribution is -2.26. The molecular formula is C14H23BO3. The van der Waals surface area contributed by atoms with Crippen LogP contribution in [0.25, 0.3) is 0 Å². The van der Waals surface area contributed by atoms with Crippen molar-refractivity contribution in [1.82, 2.24) is 0 Å². The van der Waals surface area contributed by atoms with E-state index >= 15 is 0 Å². The van der Waals surface area contributed by atoms with Crippen LogP contribution in [0.1, 0.15) is 46.1 Å². The van der Waals surface area contributed by atoms with Crippen LogP contribution in [0.2, 0.25) is 0 Å². The summed E-state index contributed by atoms with van der Waals surface area (Å²) in [4.78, 5) is 0. The molecule has 1 aromatic carbocycles. The lowest BCUT2D eigenvalue weighted by atomic mass is 9.87. The van der Waals surface area contributed by atoms with Gasteiger partial charge in [0.15, 0.2) is 0 Å². The Balaban J connectivity index is 2.48. The molecule has 0 spiro atoms. The molecule has 0 aliphatic rings. The number of benzene rings is 1. The zero-order chi connectivity index (χ0) is 13.6. The van der Waals surface area contributed by atoms with Gasteiger partial charge in [-0.1, -0.05) is 46.2 Å². The van der Waals surface area contributed by atoms with Gasteiger partial charge in [-0.25, -0.2) is 0 Å². The fraction of sp³-hybridized carbons (Fsp3) is 0.571. The molecule has 1 N–H and O–H groups in total. The summed E-state index contributed by atoms with van der Waals surface area (Å²) in [5.74, 6) is 0.618. The molecule has 3 nitrogen and oxygen atoms in total. The molecule has 0 heterocycles. The molecule has 0 radical (unpaired) electrons. The number of rotatable bonds is 6. The van der Waals surface area contributed by atoms with Crippen LogP contribution in [-0.2, 0) is 10.1 Å². The lowest BCUT2D eigenvalue weighted by molar-refractivity contribution is 0.190. The van der Waals surface area contributed by atoms with E-state index in [0.717, 1.165) is 12.8 Å². The summed E-state index contributed by atoms with van der Waals surface area (Å²) in [6.07, 6.45) is 1.95. The van der Waals surface area contributed by atoms with Crippen molar-refractivity contribution in [2.45, 2.75) is 46.0 Å². The number of unbranched alkanes of at least 4 members (excludes halogenated alkanes) is 1. The van der Waals surface area contributed by atoms with E-state index in [4.69, 9.17) is 9.31 Å². The van der Waals surface area contributed by atoms with Crippen molar-refractivity contribution in [1.29, 1.82) is 0 Å². The first-order chi connectivity index (χ1) is 8.43. The molecule has 0 aliphatic heterocycles. The quantitative estimate of drug-likeness (QED) is 0.622. The second kappa shape index (κ2) is 6.81. The van der Waals surface area contributed by atoms with Gasteiger partial charge in [0, 0.05) is 6.61 Å². The maximum absolute atomic E-state index is 9.51. The Morgan fingerprint density at radius 3 is 2.28 bits per heavy atom. The largest absolute Gasteiger partial charge is 0.710 e. The van der Waals surface area contributed by atoms with Crippen LogP contribution in [0.5, 0.6) is 5.75 Å². The van der Waals surface area contributed by atoms with Crippen LogP contribution in [0.4, 0.5) is 0 Å². The SMILES string of the molecule is CCCCOB(O)Oc1ccc(C(C)(C)C)cc1. The zero-order valence-corrected chi connectivity index (χ0v) is 11.8. The normalized spacial score (nSPS) is 11.4. The summed E-state index contributed by atoms with van der Waals surface area (Å²) in [5, 5.41) is 9.51. The van der Waals surface area contributed by atoms with Crippen molar-refractivity contribution in [2.75, 3.05) is 6.61 Å². The molecular weight excluding hydrogens is 227 g/mol. The molecule has 1 rings (SSSR count). The minimum absolute atomic E-state index is 0.120. The highest BCUT2D eigenvalue weighted by Crippen LogP contribution is 2.24. The van der Waals surface area contributed by atoms with Gasteiger partial charge in [-0.2, -0.15) is 0 Å². The third-order valence-corrected chi connectivity index (χ3v) is 2.72. The summed E-state index contributed by atoms with van der Waals surface area (Å²) < 4.78 is 10.4. The predicted octanol–water partition coefficient (Wildman–Crippen LogP) is 3.16. The van der Waals surface area contributed by atoms with Gasteiger partial charge >= 0.3 is 7.32 Å². The number of hydrogen-bond donors (Lipinski definition) is 1. The van der Waals surface area contributed by atoms with Crippen molar-refractivity contribution in [2.24, 2.45) is 0 Å². The highest BCUT2D eigenvalue weighted by molar-refractivity contribution is 6.35. The van der Waals surface area contributed by atoms with Crippen LogP contribution >= 0.6 is 0 Å². The zero-order valence-electron chi connectivity index (χ0n) is 11.8. The first-order valence-electron chi connectivity index (χ1n) is 6.50. The van der Waals surface area contributed by atoms with Crippen molar-refractivity contribution in [3.63, 3.8) is 0 Å². The smallest absolute Gasteiger partial charge is 0.512 e. The Hall–Kier alpha value is -0.995. The first kappa shape index (κ1) is 15.1. The molecule has 0 unspecified atom stereocenters. The van der Waals surface area contributed by atoms with Crippen molar-refractivity contribution >= 4 is 7.32 Å². The van der Waals surface area contributed by atoms with Crippen LogP contribution in [0.3, 0.4) is 0 Å². The lowest BCUT2D eigenvalue weighted by Gasteiger charge is -2.19. The third-order valence-electron chi connectivity index (χ3n) is 2.72. The molecule has 0 fully saturated rings. The van der Waals surface area contributed by atoms with E-state index in [2.05, 4.69) is 27.7 Å². The maximum Gasteiger partial charge on any atom is 0.710 e. The maximum atomic E-state index is 9.51. The van der Waals surface area contributed by atoms with Gasteiger partial charge < -0.3 is 14.3 Å².